The third-order valence-electron chi connectivity index (χ3n) is 4.76. The van der Waals surface area contributed by atoms with E-state index in [0.29, 0.717) is 16.9 Å². The average molecular weight is 375 g/mol. The molecule has 0 aliphatic carbocycles. The molecule has 1 amide bonds. The van der Waals surface area contributed by atoms with E-state index in [2.05, 4.69) is 5.32 Å². The summed E-state index contributed by atoms with van der Waals surface area (Å²) in [5.74, 6) is -0.773. The topological polar surface area (TPSA) is 65.3 Å². The third kappa shape index (κ3) is 3.06. The van der Waals surface area contributed by atoms with Gasteiger partial charge in [-0.05, 0) is 23.6 Å². The molecule has 5 aromatic rings. The fourth-order valence-corrected chi connectivity index (χ4v) is 3.45. The van der Waals surface area contributed by atoms with Gasteiger partial charge >= 0.3 is 29.6 Å². The van der Waals surface area contributed by atoms with Crippen LogP contribution in [0.2, 0.25) is 0 Å². The van der Waals surface area contributed by atoms with Gasteiger partial charge in [0.2, 0.25) is 0 Å². The Hall–Kier alpha value is -2.79. The number of benzene rings is 4. The summed E-state index contributed by atoms with van der Waals surface area (Å²) < 4.78 is 5.80. The van der Waals surface area contributed by atoms with Crippen LogP contribution in [0.5, 0.6) is 5.75 Å². The van der Waals surface area contributed by atoms with E-state index < -0.39 is 5.91 Å². The number of fused-ring (bicyclic) bond motifs is 4. The van der Waals surface area contributed by atoms with Crippen molar-refractivity contribution in [2.75, 3.05) is 5.32 Å². The van der Waals surface area contributed by atoms with Crippen LogP contribution in [0.25, 0.3) is 32.7 Å². The van der Waals surface area contributed by atoms with Gasteiger partial charge in [-0.25, -0.2) is 0 Å². The molecule has 1 heterocycles. The predicted octanol–water partition coefficient (Wildman–Crippen LogP) is 2.07. The van der Waals surface area contributed by atoms with Gasteiger partial charge in [0, 0.05) is 27.4 Å². The van der Waals surface area contributed by atoms with Gasteiger partial charge in [0.15, 0.2) is 0 Å². The summed E-state index contributed by atoms with van der Waals surface area (Å²) in [5.41, 5.74) is 1.95. The van der Waals surface area contributed by atoms with E-state index >= 15 is 0 Å². The van der Waals surface area contributed by atoms with Gasteiger partial charge in [-0.1, -0.05) is 66.4 Å². The molecule has 1 N–H and O–H groups in total. The molecule has 0 atom stereocenters. The number of rotatable bonds is 2. The minimum absolute atomic E-state index is 0. The zero-order valence-corrected chi connectivity index (χ0v) is 17.2. The second-order valence-electron chi connectivity index (χ2n) is 6.42. The average Bonchev–Trinajstić information content (AvgIpc) is 3.05. The minimum Gasteiger partial charge on any atom is -0.872 e. The largest absolute Gasteiger partial charge is 1.00 e. The number of para-hydroxylation sites is 1. The number of hydrogen-bond donors (Lipinski definition) is 1. The molecule has 28 heavy (non-hydrogen) atoms. The van der Waals surface area contributed by atoms with Crippen molar-refractivity contribution in [3.05, 3.63) is 84.4 Å². The zero-order valence-electron chi connectivity index (χ0n) is 15.2. The van der Waals surface area contributed by atoms with Gasteiger partial charge in [-0.2, -0.15) is 0 Å². The Morgan fingerprint density at radius 2 is 1.50 bits per heavy atom. The first-order valence-corrected chi connectivity index (χ1v) is 8.62. The molecule has 0 bridgehead atoms. The summed E-state index contributed by atoms with van der Waals surface area (Å²) in [6.07, 6.45) is 0. The van der Waals surface area contributed by atoms with Crippen LogP contribution in [0, 0.1) is 0 Å². The van der Waals surface area contributed by atoms with Gasteiger partial charge in [0.1, 0.15) is 11.2 Å². The van der Waals surface area contributed by atoms with Crippen molar-refractivity contribution in [3.8, 4) is 5.75 Å². The molecular weight excluding hydrogens is 361 g/mol. The molecule has 0 spiro atoms. The van der Waals surface area contributed by atoms with E-state index in [0.717, 1.165) is 21.5 Å². The Labute approximate surface area is 183 Å². The Morgan fingerprint density at radius 1 is 0.786 bits per heavy atom. The van der Waals surface area contributed by atoms with Crippen LogP contribution in [0.4, 0.5) is 5.69 Å². The normalized spacial score (nSPS) is 10.9. The molecule has 4 aromatic carbocycles. The van der Waals surface area contributed by atoms with Gasteiger partial charge in [-0.15, -0.1) is 0 Å². The molecule has 1 aromatic heterocycles. The summed E-state index contributed by atoms with van der Waals surface area (Å²) in [6.45, 7) is 0. The summed E-state index contributed by atoms with van der Waals surface area (Å²) >= 11 is 0. The molecule has 0 saturated carbocycles. The van der Waals surface area contributed by atoms with E-state index in [1.54, 1.807) is 0 Å². The maximum atomic E-state index is 12.8. The molecule has 0 aliphatic rings. The van der Waals surface area contributed by atoms with Crippen LogP contribution < -0.4 is 40.0 Å². The van der Waals surface area contributed by atoms with Crippen LogP contribution in [0.1, 0.15) is 10.4 Å². The maximum absolute atomic E-state index is 12.8. The van der Waals surface area contributed by atoms with Gasteiger partial charge in [-0.3, -0.25) is 4.79 Å². The number of furan rings is 1. The van der Waals surface area contributed by atoms with Crippen molar-refractivity contribution in [2.24, 2.45) is 0 Å². The molecule has 4 nitrogen and oxygen atoms in total. The molecular formula is C23H14NNaO3. The Kier molecular flexibility index (Phi) is 4.85. The molecule has 0 saturated heterocycles. The number of amides is 1. The second kappa shape index (κ2) is 7.32. The molecule has 0 fully saturated rings. The molecule has 0 aliphatic heterocycles. The SMILES string of the molecule is O=C(Nc1cccc2ccccc12)c1cc2oc3ccccc3c2cc1[O-].[Na+]. The fourth-order valence-electron chi connectivity index (χ4n) is 3.45. The van der Waals surface area contributed by atoms with Crippen LogP contribution in [0.15, 0.2) is 83.3 Å². The molecule has 5 heteroatoms. The van der Waals surface area contributed by atoms with Crippen LogP contribution in [-0.4, -0.2) is 5.91 Å². The number of carbonyl (C=O) groups excluding carboxylic acids is 1. The van der Waals surface area contributed by atoms with E-state index in [9.17, 15) is 9.90 Å². The van der Waals surface area contributed by atoms with E-state index in [1.807, 2.05) is 66.7 Å². The summed E-state index contributed by atoms with van der Waals surface area (Å²) in [7, 11) is 0. The van der Waals surface area contributed by atoms with Crippen molar-refractivity contribution in [1.29, 1.82) is 0 Å². The first-order chi connectivity index (χ1) is 13.2. The van der Waals surface area contributed by atoms with Crippen molar-refractivity contribution >= 4 is 44.3 Å². The number of carbonyl (C=O) groups is 1. The molecule has 130 valence electrons. The predicted molar refractivity (Wildman–Crippen MR) is 105 cm³/mol. The number of anilines is 1. The Morgan fingerprint density at radius 3 is 2.36 bits per heavy atom. The zero-order chi connectivity index (χ0) is 18.4. The van der Waals surface area contributed by atoms with Crippen LogP contribution >= 0.6 is 0 Å². The minimum atomic E-state index is -0.446. The second-order valence-corrected chi connectivity index (χ2v) is 6.42. The van der Waals surface area contributed by atoms with E-state index in [-0.39, 0.29) is 40.9 Å². The summed E-state index contributed by atoms with van der Waals surface area (Å²) in [5, 5.41) is 19.0. The number of hydrogen-bond acceptors (Lipinski definition) is 3. The first-order valence-electron chi connectivity index (χ1n) is 8.62. The maximum Gasteiger partial charge on any atom is 1.00 e. The van der Waals surface area contributed by atoms with Gasteiger partial charge in [0.25, 0.3) is 5.91 Å². The Bertz CT molecular complexity index is 1330. The quantitative estimate of drug-likeness (QED) is 0.481. The van der Waals surface area contributed by atoms with Crippen molar-refractivity contribution in [3.63, 3.8) is 0 Å². The first kappa shape index (κ1) is 18.6. The van der Waals surface area contributed by atoms with Crippen LogP contribution in [0.3, 0.4) is 0 Å². The number of nitrogens with one attached hydrogen (secondary N) is 1. The van der Waals surface area contributed by atoms with Crippen LogP contribution in [-0.2, 0) is 0 Å². The molecule has 5 rings (SSSR count). The summed E-state index contributed by atoms with van der Waals surface area (Å²) in [6, 6.07) is 23.9. The van der Waals surface area contributed by atoms with Crippen molar-refractivity contribution in [2.45, 2.75) is 0 Å². The summed E-state index contributed by atoms with van der Waals surface area (Å²) in [4.78, 5) is 12.8. The van der Waals surface area contributed by atoms with E-state index in [1.165, 1.54) is 12.1 Å². The molecule has 0 radical (unpaired) electrons. The monoisotopic (exact) mass is 375 g/mol. The van der Waals surface area contributed by atoms with Crippen molar-refractivity contribution in [1.82, 2.24) is 0 Å². The smallest absolute Gasteiger partial charge is 0.872 e. The van der Waals surface area contributed by atoms with Gasteiger partial charge < -0.3 is 14.8 Å². The fraction of sp³-hybridized carbons (Fsp3) is 0. The van der Waals surface area contributed by atoms with Gasteiger partial charge in [0.05, 0.1) is 0 Å². The molecule has 0 unspecified atom stereocenters. The van der Waals surface area contributed by atoms with Crippen molar-refractivity contribution < 1.29 is 43.9 Å². The van der Waals surface area contributed by atoms with E-state index in [4.69, 9.17) is 4.42 Å². The third-order valence-corrected chi connectivity index (χ3v) is 4.76. The standard InChI is InChI=1S/C23H15NO3.Na/c25-20-12-17-16-9-3-4-11-21(16)27-22(17)13-18(20)23(26)24-19-10-5-7-14-6-1-2-8-15(14)19;/h1-13,25H,(H,24,26);/q;+1/p-1. The Balaban J connectivity index is 0.00000192.